The lowest BCUT2D eigenvalue weighted by molar-refractivity contribution is -0.139. The van der Waals surface area contributed by atoms with Gasteiger partial charge in [-0.3, -0.25) is 9.59 Å². The highest BCUT2D eigenvalue weighted by Crippen LogP contribution is 2.28. The second kappa shape index (κ2) is 10.9. The smallest absolute Gasteiger partial charge is 0.309 e. The van der Waals surface area contributed by atoms with Gasteiger partial charge < -0.3 is 10.6 Å². The fourth-order valence-corrected chi connectivity index (χ4v) is 6.04. The van der Waals surface area contributed by atoms with Gasteiger partial charge in [-0.05, 0) is 68.0 Å². The minimum absolute atomic E-state index is 0.0930. The average Bonchev–Trinajstić information content (AvgIpc) is 2.78. The molecule has 0 radical (unpaired) electrons. The van der Waals surface area contributed by atoms with E-state index in [-0.39, 0.29) is 24.0 Å². The second-order valence-electron chi connectivity index (χ2n) is 8.33. The zero-order chi connectivity index (χ0) is 24.0. The van der Waals surface area contributed by atoms with Crippen molar-refractivity contribution in [2.24, 2.45) is 0 Å². The number of hydrogen-bond acceptors (Lipinski definition) is 4. The average molecular weight is 476 g/mol. The topological polar surface area (TPSA) is 95.6 Å². The van der Waals surface area contributed by atoms with Crippen molar-refractivity contribution in [3.05, 3.63) is 65.0 Å². The van der Waals surface area contributed by atoms with E-state index >= 15 is 0 Å². The van der Waals surface area contributed by atoms with Gasteiger partial charge in [0.25, 0.3) is 0 Å². The van der Waals surface area contributed by atoms with Gasteiger partial charge >= 0.3 is 11.8 Å². The predicted octanol–water partition coefficient (Wildman–Crippen LogP) is 2.81. The molecular formula is C24H30FN3O4S. The third-order valence-corrected chi connectivity index (χ3v) is 8.08. The molecule has 0 unspecified atom stereocenters. The number of benzene rings is 2. The summed E-state index contributed by atoms with van der Waals surface area (Å²) in [6.45, 7) is 4.30. The molecule has 1 aliphatic heterocycles. The van der Waals surface area contributed by atoms with Crippen LogP contribution in [0.3, 0.4) is 0 Å². The van der Waals surface area contributed by atoms with Crippen LogP contribution in [0, 0.1) is 19.7 Å². The molecular weight excluding hydrogens is 445 g/mol. The third-order valence-electron chi connectivity index (χ3n) is 5.97. The molecule has 2 aromatic carbocycles. The van der Waals surface area contributed by atoms with Crippen molar-refractivity contribution in [1.82, 2.24) is 14.9 Å². The van der Waals surface area contributed by atoms with Crippen molar-refractivity contribution >= 4 is 21.8 Å². The van der Waals surface area contributed by atoms with E-state index in [0.717, 1.165) is 30.0 Å². The summed E-state index contributed by atoms with van der Waals surface area (Å²) in [5, 5.41) is 5.19. The van der Waals surface area contributed by atoms with Crippen molar-refractivity contribution in [2.45, 2.75) is 57.0 Å². The molecule has 3 rings (SSSR count). The number of sulfonamides is 1. The van der Waals surface area contributed by atoms with Crippen molar-refractivity contribution < 1.29 is 22.4 Å². The summed E-state index contributed by atoms with van der Waals surface area (Å²) in [6, 6.07) is 10.9. The number of nitrogens with one attached hydrogen (secondary N) is 2. The van der Waals surface area contributed by atoms with Crippen LogP contribution in [0.1, 0.15) is 42.4 Å². The summed E-state index contributed by atoms with van der Waals surface area (Å²) in [7, 11) is -3.79. The Balaban J connectivity index is 1.56. The zero-order valence-corrected chi connectivity index (χ0v) is 19.8. The van der Waals surface area contributed by atoms with Crippen LogP contribution in [0.5, 0.6) is 0 Å². The van der Waals surface area contributed by atoms with Crippen LogP contribution in [0.2, 0.25) is 0 Å². The van der Waals surface area contributed by atoms with Gasteiger partial charge in [0.1, 0.15) is 5.82 Å². The SMILES string of the molecule is Cc1ccccc1CNC(=O)C(=O)NCC[C@@H]1CCCCN1S(=O)(=O)c1ccc(F)cc1C. The van der Waals surface area contributed by atoms with E-state index in [9.17, 15) is 22.4 Å². The maximum atomic E-state index is 13.5. The van der Waals surface area contributed by atoms with Gasteiger partial charge in [0.05, 0.1) is 4.90 Å². The van der Waals surface area contributed by atoms with Gasteiger partial charge in [-0.15, -0.1) is 0 Å². The molecule has 1 heterocycles. The third kappa shape index (κ3) is 6.17. The number of piperidine rings is 1. The van der Waals surface area contributed by atoms with Crippen LogP contribution in [0.4, 0.5) is 4.39 Å². The Kier molecular flexibility index (Phi) is 8.20. The van der Waals surface area contributed by atoms with Crippen molar-refractivity contribution in [2.75, 3.05) is 13.1 Å². The maximum absolute atomic E-state index is 13.5. The molecule has 0 aliphatic carbocycles. The van der Waals surface area contributed by atoms with Gasteiger partial charge in [0.2, 0.25) is 10.0 Å². The Bertz CT molecular complexity index is 1120. The minimum atomic E-state index is -3.79. The summed E-state index contributed by atoms with van der Waals surface area (Å²) < 4.78 is 41.4. The molecule has 9 heteroatoms. The first kappa shape index (κ1) is 24.9. The fraction of sp³-hybridized carbons (Fsp3) is 0.417. The number of rotatable bonds is 7. The maximum Gasteiger partial charge on any atom is 0.309 e. The summed E-state index contributed by atoms with van der Waals surface area (Å²) in [5.41, 5.74) is 2.31. The van der Waals surface area contributed by atoms with Gasteiger partial charge in [-0.25, -0.2) is 12.8 Å². The molecule has 2 N–H and O–H groups in total. The van der Waals surface area contributed by atoms with E-state index in [1.54, 1.807) is 6.92 Å². The summed E-state index contributed by atoms with van der Waals surface area (Å²) >= 11 is 0. The molecule has 1 atom stereocenters. The van der Waals surface area contributed by atoms with Crippen LogP contribution in [-0.4, -0.2) is 43.7 Å². The van der Waals surface area contributed by atoms with Crippen LogP contribution in [-0.2, 0) is 26.2 Å². The van der Waals surface area contributed by atoms with E-state index in [2.05, 4.69) is 10.6 Å². The normalized spacial score (nSPS) is 16.9. The van der Waals surface area contributed by atoms with Crippen molar-refractivity contribution in [3.8, 4) is 0 Å². The molecule has 0 spiro atoms. The highest BCUT2D eigenvalue weighted by Gasteiger charge is 2.34. The molecule has 1 aliphatic rings. The predicted molar refractivity (Wildman–Crippen MR) is 123 cm³/mol. The van der Waals surface area contributed by atoms with Gasteiger partial charge in [-0.2, -0.15) is 4.31 Å². The number of carbonyl (C=O) groups excluding carboxylic acids is 2. The molecule has 33 heavy (non-hydrogen) atoms. The van der Waals surface area contributed by atoms with E-state index in [0.29, 0.717) is 24.9 Å². The number of aryl methyl sites for hydroxylation is 2. The standard InChI is InChI=1S/C24H30FN3O4S/c1-17-7-3-4-8-19(17)16-27-24(30)23(29)26-13-12-21-9-5-6-14-28(21)33(31,32)22-11-10-20(25)15-18(22)2/h3-4,7-8,10-11,15,21H,5-6,9,12-14,16H2,1-2H3,(H,26,29)(H,27,30)/t21-/m0/s1. The largest absolute Gasteiger partial charge is 0.348 e. The molecule has 0 saturated carbocycles. The molecule has 1 fully saturated rings. The zero-order valence-electron chi connectivity index (χ0n) is 18.9. The lowest BCUT2D eigenvalue weighted by Crippen LogP contribution is -2.46. The number of carbonyl (C=O) groups is 2. The highest BCUT2D eigenvalue weighted by molar-refractivity contribution is 7.89. The lowest BCUT2D eigenvalue weighted by atomic mass is 10.0. The molecule has 178 valence electrons. The summed E-state index contributed by atoms with van der Waals surface area (Å²) in [6.07, 6.45) is 2.67. The monoisotopic (exact) mass is 475 g/mol. The lowest BCUT2D eigenvalue weighted by Gasteiger charge is -2.35. The van der Waals surface area contributed by atoms with Crippen molar-refractivity contribution in [1.29, 1.82) is 0 Å². The fourth-order valence-electron chi connectivity index (χ4n) is 4.10. The molecule has 7 nitrogen and oxygen atoms in total. The minimum Gasteiger partial charge on any atom is -0.348 e. The Morgan fingerprint density at radius 2 is 1.76 bits per heavy atom. The first-order valence-electron chi connectivity index (χ1n) is 11.1. The first-order chi connectivity index (χ1) is 15.7. The molecule has 2 aromatic rings. The van der Waals surface area contributed by atoms with Crippen LogP contribution >= 0.6 is 0 Å². The van der Waals surface area contributed by atoms with Crippen LogP contribution in [0.15, 0.2) is 47.4 Å². The van der Waals surface area contributed by atoms with Crippen LogP contribution < -0.4 is 10.6 Å². The molecule has 0 aromatic heterocycles. The second-order valence-corrected chi connectivity index (χ2v) is 10.2. The number of amides is 2. The van der Waals surface area contributed by atoms with Gasteiger partial charge in [0.15, 0.2) is 0 Å². The molecule has 2 amide bonds. The Morgan fingerprint density at radius 3 is 2.48 bits per heavy atom. The number of hydrogen-bond donors (Lipinski definition) is 2. The van der Waals surface area contributed by atoms with Gasteiger partial charge in [0, 0.05) is 25.7 Å². The molecule has 0 bridgehead atoms. The number of nitrogens with zero attached hydrogens (tertiary/aromatic N) is 1. The summed E-state index contributed by atoms with van der Waals surface area (Å²) in [5.74, 6) is -1.96. The molecule has 1 saturated heterocycles. The first-order valence-corrected chi connectivity index (χ1v) is 12.5. The van der Waals surface area contributed by atoms with E-state index < -0.39 is 27.7 Å². The van der Waals surface area contributed by atoms with Gasteiger partial charge in [-0.1, -0.05) is 30.7 Å². The van der Waals surface area contributed by atoms with Crippen LogP contribution in [0.25, 0.3) is 0 Å². The Labute approximate surface area is 194 Å². The number of halogens is 1. The highest BCUT2D eigenvalue weighted by atomic mass is 32.2. The Hall–Kier alpha value is -2.78. The quantitative estimate of drug-likeness (QED) is 0.602. The van der Waals surface area contributed by atoms with E-state index in [1.807, 2.05) is 31.2 Å². The van der Waals surface area contributed by atoms with Crippen molar-refractivity contribution in [3.63, 3.8) is 0 Å². The Morgan fingerprint density at radius 1 is 1.03 bits per heavy atom. The van der Waals surface area contributed by atoms with E-state index in [4.69, 9.17) is 0 Å². The summed E-state index contributed by atoms with van der Waals surface area (Å²) in [4.78, 5) is 24.4. The van der Waals surface area contributed by atoms with E-state index in [1.165, 1.54) is 16.4 Å².